The summed E-state index contributed by atoms with van der Waals surface area (Å²) in [6, 6.07) is 11.0. The summed E-state index contributed by atoms with van der Waals surface area (Å²) in [6.45, 7) is 5.03. The van der Waals surface area contributed by atoms with Gasteiger partial charge in [-0.3, -0.25) is 10.1 Å². The molecular formula is C24H20ClFN6O. The van der Waals surface area contributed by atoms with Crippen LogP contribution in [0.3, 0.4) is 0 Å². The van der Waals surface area contributed by atoms with Crippen molar-refractivity contribution >= 4 is 39.7 Å². The summed E-state index contributed by atoms with van der Waals surface area (Å²) in [5.74, 6) is 1.53. The third kappa shape index (κ3) is 4.91. The Morgan fingerprint density at radius 1 is 1.24 bits per heavy atom. The first-order valence-electron chi connectivity index (χ1n) is 9.95. The zero-order valence-electron chi connectivity index (χ0n) is 17.9. The summed E-state index contributed by atoms with van der Waals surface area (Å²) in [5.41, 5.74) is 2.81. The number of nitrogens with zero attached hydrogens (tertiary/aromatic N) is 4. The maximum Gasteiger partial charge on any atom is 0.163 e. The molecule has 4 rings (SSSR count). The van der Waals surface area contributed by atoms with Gasteiger partial charge in [-0.2, -0.15) is 5.10 Å². The number of nitrogens with one attached hydrogen (secondary N) is 2. The molecule has 0 saturated heterocycles. The van der Waals surface area contributed by atoms with E-state index in [9.17, 15) is 4.39 Å². The number of pyridine rings is 1. The van der Waals surface area contributed by atoms with Gasteiger partial charge in [0.25, 0.3) is 0 Å². The Labute approximate surface area is 194 Å². The van der Waals surface area contributed by atoms with Crippen LogP contribution in [0.4, 0.5) is 16.0 Å². The van der Waals surface area contributed by atoms with Gasteiger partial charge in [-0.1, -0.05) is 24.3 Å². The molecule has 0 radical (unpaired) electrons. The van der Waals surface area contributed by atoms with Gasteiger partial charge in [0.05, 0.1) is 23.4 Å². The second-order valence-corrected chi connectivity index (χ2v) is 7.36. The molecule has 7 nitrogen and oxygen atoms in total. The zero-order valence-corrected chi connectivity index (χ0v) is 18.7. The Hall–Kier alpha value is -4.04. The van der Waals surface area contributed by atoms with Crippen LogP contribution in [-0.4, -0.2) is 32.3 Å². The number of aromatic nitrogens is 5. The maximum atomic E-state index is 13.3. The molecule has 3 heterocycles. The highest BCUT2D eigenvalue weighted by molar-refractivity contribution is 6.32. The number of methoxy groups -OCH3 is 1. The molecule has 33 heavy (non-hydrogen) atoms. The van der Waals surface area contributed by atoms with Crippen molar-refractivity contribution in [2.24, 2.45) is 0 Å². The standard InChI is InChI=1S/C24H20ClFN6O/c1-4-15(10-19(25)14(2)26)21-12-22(32-31-21)29-24-18-11-17(33-3)7-8-20(18)28-23(30-24)16-6-5-9-27-13-16/h4-13H,2H2,1,3H3,(H2,28,29,30,31,32)/b15-4+,19-10+. The number of anilines is 2. The zero-order chi connectivity index (χ0) is 23.4. The van der Waals surface area contributed by atoms with Crippen LogP contribution in [0.15, 0.2) is 78.4 Å². The summed E-state index contributed by atoms with van der Waals surface area (Å²) in [6.07, 6.45) is 6.66. The summed E-state index contributed by atoms with van der Waals surface area (Å²) >= 11 is 5.91. The minimum atomic E-state index is -0.710. The van der Waals surface area contributed by atoms with E-state index in [-0.39, 0.29) is 5.03 Å². The van der Waals surface area contributed by atoms with Crippen molar-refractivity contribution in [3.8, 4) is 17.1 Å². The molecule has 0 saturated carbocycles. The van der Waals surface area contributed by atoms with E-state index in [0.717, 1.165) is 16.5 Å². The monoisotopic (exact) mass is 462 g/mol. The number of benzene rings is 1. The number of H-pyrrole nitrogens is 1. The van der Waals surface area contributed by atoms with Crippen molar-refractivity contribution in [3.63, 3.8) is 0 Å². The van der Waals surface area contributed by atoms with Gasteiger partial charge in [-0.05, 0) is 48.9 Å². The second-order valence-electron chi connectivity index (χ2n) is 6.95. The number of hydrogen-bond donors (Lipinski definition) is 2. The number of hydrogen-bond acceptors (Lipinski definition) is 6. The third-order valence-electron chi connectivity index (χ3n) is 4.81. The van der Waals surface area contributed by atoms with Crippen LogP contribution in [-0.2, 0) is 0 Å². The quantitative estimate of drug-likeness (QED) is 0.319. The Kier molecular flexibility index (Phi) is 6.46. The van der Waals surface area contributed by atoms with E-state index < -0.39 is 5.83 Å². The first kappa shape index (κ1) is 22.2. The third-order valence-corrected chi connectivity index (χ3v) is 5.12. The van der Waals surface area contributed by atoms with E-state index in [4.69, 9.17) is 21.3 Å². The largest absolute Gasteiger partial charge is 0.497 e. The Bertz CT molecular complexity index is 1380. The highest BCUT2D eigenvalue weighted by Crippen LogP contribution is 2.30. The number of halogens is 2. The van der Waals surface area contributed by atoms with Crippen molar-refractivity contribution in [2.75, 3.05) is 12.4 Å². The van der Waals surface area contributed by atoms with E-state index in [1.54, 1.807) is 31.6 Å². The van der Waals surface area contributed by atoms with Crippen molar-refractivity contribution in [3.05, 3.63) is 84.1 Å². The number of fused-ring (bicyclic) bond motifs is 1. The Morgan fingerprint density at radius 2 is 2.09 bits per heavy atom. The van der Waals surface area contributed by atoms with Crippen LogP contribution < -0.4 is 10.1 Å². The maximum absolute atomic E-state index is 13.3. The highest BCUT2D eigenvalue weighted by Gasteiger charge is 2.13. The number of allylic oxidation sites excluding steroid dienone is 5. The van der Waals surface area contributed by atoms with Gasteiger partial charge in [0.1, 0.15) is 17.4 Å². The molecule has 0 aliphatic rings. The van der Waals surface area contributed by atoms with Crippen LogP contribution in [0, 0.1) is 0 Å². The van der Waals surface area contributed by atoms with Crippen LogP contribution in [0.5, 0.6) is 5.75 Å². The van der Waals surface area contributed by atoms with Crippen molar-refractivity contribution < 1.29 is 9.13 Å². The number of rotatable bonds is 7. The first-order valence-corrected chi connectivity index (χ1v) is 10.3. The van der Waals surface area contributed by atoms with Gasteiger partial charge in [0, 0.05) is 29.4 Å². The molecule has 0 amide bonds. The number of ether oxygens (including phenoxy) is 1. The van der Waals surface area contributed by atoms with E-state index >= 15 is 0 Å². The predicted octanol–water partition coefficient (Wildman–Crippen LogP) is 6.18. The lowest BCUT2D eigenvalue weighted by atomic mass is 10.1. The molecule has 4 aromatic rings. The lowest BCUT2D eigenvalue weighted by molar-refractivity contribution is 0.415. The van der Waals surface area contributed by atoms with Crippen molar-refractivity contribution in [1.29, 1.82) is 0 Å². The topological polar surface area (TPSA) is 88.6 Å². The van der Waals surface area contributed by atoms with E-state index in [0.29, 0.717) is 34.5 Å². The molecule has 3 aromatic heterocycles. The molecular weight excluding hydrogens is 443 g/mol. The van der Waals surface area contributed by atoms with E-state index in [1.165, 1.54) is 6.08 Å². The summed E-state index contributed by atoms with van der Waals surface area (Å²) in [4.78, 5) is 13.5. The second kappa shape index (κ2) is 9.62. The molecule has 0 atom stereocenters. The van der Waals surface area contributed by atoms with E-state index in [1.807, 2.05) is 37.3 Å². The van der Waals surface area contributed by atoms with Gasteiger partial charge in [0.15, 0.2) is 11.6 Å². The van der Waals surface area contributed by atoms with Crippen LogP contribution in [0.25, 0.3) is 27.9 Å². The van der Waals surface area contributed by atoms with Gasteiger partial charge in [-0.15, -0.1) is 0 Å². The molecule has 0 spiro atoms. The molecule has 166 valence electrons. The molecule has 0 unspecified atom stereocenters. The fourth-order valence-electron chi connectivity index (χ4n) is 3.14. The van der Waals surface area contributed by atoms with Gasteiger partial charge in [-0.25, -0.2) is 14.4 Å². The lowest BCUT2D eigenvalue weighted by Gasteiger charge is -2.10. The fourth-order valence-corrected chi connectivity index (χ4v) is 3.26. The first-order chi connectivity index (χ1) is 16.0. The average Bonchev–Trinajstić information content (AvgIpc) is 3.30. The lowest BCUT2D eigenvalue weighted by Crippen LogP contribution is -2.00. The Morgan fingerprint density at radius 3 is 2.79 bits per heavy atom. The highest BCUT2D eigenvalue weighted by atomic mass is 35.5. The van der Waals surface area contributed by atoms with Crippen LogP contribution in [0.2, 0.25) is 0 Å². The van der Waals surface area contributed by atoms with Crippen molar-refractivity contribution in [1.82, 2.24) is 25.1 Å². The molecule has 9 heteroatoms. The van der Waals surface area contributed by atoms with Gasteiger partial charge in [0.2, 0.25) is 0 Å². The molecule has 0 aliphatic heterocycles. The molecule has 2 N–H and O–H groups in total. The fraction of sp³-hybridized carbons (Fsp3) is 0.0833. The molecule has 0 bridgehead atoms. The van der Waals surface area contributed by atoms with Crippen LogP contribution in [0.1, 0.15) is 12.6 Å². The SMILES string of the molecule is C=C(F)/C(Cl)=C\C(=C/C)c1cc(Nc2nc(-c3cccnc3)nc3ccc(OC)cc23)n[nH]1. The average molecular weight is 463 g/mol. The summed E-state index contributed by atoms with van der Waals surface area (Å²) in [7, 11) is 1.60. The van der Waals surface area contributed by atoms with Gasteiger partial charge < -0.3 is 10.1 Å². The molecule has 0 fully saturated rings. The van der Waals surface area contributed by atoms with Crippen LogP contribution >= 0.6 is 11.6 Å². The molecule has 0 aliphatic carbocycles. The molecule has 1 aromatic carbocycles. The number of aromatic amines is 1. The van der Waals surface area contributed by atoms with E-state index in [2.05, 4.69) is 32.1 Å². The van der Waals surface area contributed by atoms with Crippen molar-refractivity contribution in [2.45, 2.75) is 6.92 Å². The predicted molar refractivity (Wildman–Crippen MR) is 129 cm³/mol. The summed E-state index contributed by atoms with van der Waals surface area (Å²) in [5, 5.41) is 11.2. The Balaban J connectivity index is 1.75. The minimum Gasteiger partial charge on any atom is -0.497 e. The minimum absolute atomic E-state index is 0.0813. The summed E-state index contributed by atoms with van der Waals surface area (Å²) < 4.78 is 18.7. The van der Waals surface area contributed by atoms with Gasteiger partial charge >= 0.3 is 0 Å². The normalized spacial score (nSPS) is 12.1. The smallest absolute Gasteiger partial charge is 0.163 e.